The van der Waals surface area contributed by atoms with Gasteiger partial charge in [-0.2, -0.15) is 0 Å². The van der Waals surface area contributed by atoms with Gasteiger partial charge in [0.1, 0.15) is 0 Å². The molecule has 4 heteroatoms. The van der Waals surface area contributed by atoms with E-state index in [1.807, 2.05) is 11.8 Å². The van der Waals surface area contributed by atoms with Crippen molar-refractivity contribution >= 4 is 11.8 Å². The Kier molecular flexibility index (Phi) is 4.04. The fraction of sp³-hybridized carbons (Fsp3) is 0.714. The Hall–Kier alpha value is -1.32. The van der Waals surface area contributed by atoms with E-state index < -0.39 is 0 Å². The van der Waals surface area contributed by atoms with E-state index >= 15 is 0 Å². The highest BCUT2D eigenvalue weighted by Crippen LogP contribution is 2.29. The molecule has 2 rings (SSSR count). The van der Waals surface area contributed by atoms with Crippen LogP contribution in [0.1, 0.15) is 39.0 Å². The average molecular weight is 250 g/mol. The Morgan fingerprint density at radius 1 is 1.44 bits per heavy atom. The first-order chi connectivity index (χ1) is 8.58. The number of hydrogen-bond donors (Lipinski definition) is 1. The quantitative estimate of drug-likeness (QED) is 0.768. The van der Waals surface area contributed by atoms with Gasteiger partial charge in [-0.25, -0.2) is 0 Å². The zero-order valence-corrected chi connectivity index (χ0v) is 11.1. The van der Waals surface area contributed by atoms with Crippen molar-refractivity contribution in [1.82, 2.24) is 10.2 Å². The second-order valence-corrected chi connectivity index (χ2v) is 5.56. The normalized spacial score (nSPS) is 24.6. The SMILES string of the molecule is C=C(C)CNC(=O)C1CC(=O)N(C2CCCC2)C1. The summed E-state index contributed by atoms with van der Waals surface area (Å²) in [5.41, 5.74) is 0.931. The number of rotatable bonds is 4. The number of carbonyl (C=O) groups excluding carboxylic acids is 2. The van der Waals surface area contributed by atoms with Gasteiger partial charge in [0, 0.05) is 25.6 Å². The van der Waals surface area contributed by atoms with Crippen LogP contribution in [0.3, 0.4) is 0 Å². The van der Waals surface area contributed by atoms with Gasteiger partial charge in [-0.15, -0.1) is 0 Å². The minimum absolute atomic E-state index is 0.00755. The summed E-state index contributed by atoms with van der Waals surface area (Å²) in [6.45, 7) is 6.74. The minimum Gasteiger partial charge on any atom is -0.352 e. The van der Waals surface area contributed by atoms with Gasteiger partial charge in [-0.05, 0) is 19.8 Å². The first-order valence-corrected chi connectivity index (χ1v) is 6.79. The van der Waals surface area contributed by atoms with E-state index in [0.717, 1.165) is 18.4 Å². The Labute approximate surface area is 108 Å². The summed E-state index contributed by atoms with van der Waals surface area (Å²) in [7, 11) is 0. The first kappa shape index (κ1) is 13.1. The standard InChI is InChI=1S/C14H22N2O2/c1-10(2)8-15-14(18)11-7-13(17)16(9-11)12-5-3-4-6-12/h11-12H,1,3-9H2,2H3,(H,15,18). The van der Waals surface area contributed by atoms with E-state index in [9.17, 15) is 9.59 Å². The molecule has 1 aliphatic carbocycles. The molecule has 1 unspecified atom stereocenters. The number of amides is 2. The van der Waals surface area contributed by atoms with E-state index in [2.05, 4.69) is 11.9 Å². The van der Waals surface area contributed by atoms with Crippen molar-refractivity contribution in [3.05, 3.63) is 12.2 Å². The number of nitrogens with zero attached hydrogens (tertiary/aromatic N) is 1. The highest BCUT2D eigenvalue weighted by Gasteiger charge is 2.38. The average Bonchev–Trinajstić information content (AvgIpc) is 2.94. The van der Waals surface area contributed by atoms with E-state index in [4.69, 9.17) is 0 Å². The maximum atomic E-state index is 11.9. The highest BCUT2D eigenvalue weighted by molar-refractivity contribution is 5.89. The van der Waals surface area contributed by atoms with Gasteiger partial charge in [0.25, 0.3) is 0 Å². The molecule has 2 amide bonds. The molecule has 0 bridgehead atoms. The van der Waals surface area contributed by atoms with Crippen LogP contribution < -0.4 is 5.32 Å². The number of nitrogens with one attached hydrogen (secondary N) is 1. The molecule has 1 saturated heterocycles. The summed E-state index contributed by atoms with van der Waals surface area (Å²) >= 11 is 0. The maximum absolute atomic E-state index is 11.9. The Bertz CT molecular complexity index is 359. The molecule has 1 aliphatic heterocycles. The molecule has 100 valence electrons. The van der Waals surface area contributed by atoms with Crippen molar-refractivity contribution in [2.45, 2.75) is 45.1 Å². The lowest BCUT2D eigenvalue weighted by Gasteiger charge is -2.23. The molecule has 0 aromatic heterocycles. The van der Waals surface area contributed by atoms with Crippen molar-refractivity contribution in [1.29, 1.82) is 0 Å². The zero-order chi connectivity index (χ0) is 13.1. The van der Waals surface area contributed by atoms with Gasteiger partial charge in [0.15, 0.2) is 0 Å². The molecule has 1 saturated carbocycles. The molecular weight excluding hydrogens is 228 g/mol. The first-order valence-electron chi connectivity index (χ1n) is 6.79. The predicted octanol–water partition coefficient (Wildman–Crippen LogP) is 1.47. The summed E-state index contributed by atoms with van der Waals surface area (Å²) in [6.07, 6.45) is 5.00. The summed E-state index contributed by atoms with van der Waals surface area (Å²) in [5.74, 6) is -0.0262. The van der Waals surface area contributed by atoms with Crippen LogP contribution in [-0.4, -0.2) is 35.8 Å². The van der Waals surface area contributed by atoms with E-state index in [1.165, 1.54) is 12.8 Å². The van der Waals surface area contributed by atoms with Crippen molar-refractivity contribution in [2.75, 3.05) is 13.1 Å². The van der Waals surface area contributed by atoms with Crippen molar-refractivity contribution in [3.8, 4) is 0 Å². The lowest BCUT2D eigenvalue weighted by molar-refractivity contribution is -0.130. The van der Waals surface area contributed by atoms with Crippen LogP contribution in [0.5, 0.6) is 0 Å². The molecule has 4 nitrogen and oxygen atoms in total. The smallest absolute Gasteiger partial charge is 0.225 e. The third-order valence-electron chi connectivity index (χ3n) is 3.86. The topological polar surface area (TPSA) is 49.4 Å². The molecule has 2 aliphatic rings. The predicted molar refractivity (Wildman–Crippen MR) is 69.9 cm³/mol. The summed E-state index contributed by atoms with van der Waals surface area (Å²) in [5, 5.41) is 2.84. The van der Waals surface area contributed by atoms with Crippen LogP contribution >= 0.6 is 0 Å². The molecule has 1 heterocycles. The minimum atomic E-state index is -0.169. The second kappa shape index (κ2) is 5.55. The van der Waals surface area contributed by atoms with E-state index in [1.54, 1.807) is 0 Å². The van der Waals surface area contributed by atoms with Crippen LogP contribution in [0.2, 0.25) is 0 Å². The van der Waals surface area contributed by atoms with Gasteiger partial charge in [-0.3, -0.25) is 9.59 Å². The molecule has 1 atom stereocenters. The lowest BCUT2D eigenvalue weighted by Crippen LogP contribution is -2.37. The van der Waals surface area contributed by atoms with Gasteiger partial charge >= 0.3 is 0 Å². The molecule has 1 N–H and O–H groups in total. The largest absolute Gasteiger partial charge is 0.352 e. The second-order valence-electron chi connectivity index (χ2n) is 5.56. The summed E-state index contributed by atoms with van der Waals surface area (Å²) < 4.78 is 0. The van der Waals surface area contributed by atoms with Gasteiger partial charge < -0.3 is 10.2 Å². The van der Waals surface area contributed by atoms with Gasteiger partial charge in [0.2, 0.25) is 11.8 Å². The van der Waals surface area contributed by atoms with Crippen molar-refractivity contribution in [3.63, 3.8) is 0 Å². The van der Waals surface area contributed by atoms with Gasteiger partial charge in [-0.1, -0.05) is 25.0 Å². The highest BCUT2D eigenvalue weighted by atomic mass is 16.2. The Morgan fingerprint density at radius 2 is 2.11 bits per heavy atom. The van der Waals surface area contributed by atoms with Crippen LogP contribution in [0.15, 0.2) is 12.2 Å². The molecular formula is C14H22N2O2. The number of carbonyl (C=O) groups is 2. The summed E-state index contributed by atoms with van der Waals surface area (Å²) in [4.78, 5) is 25.8. The maximum Gasteiger partial charge on any atom is 0.225 e. The van der Waals surface area contributed by atoms with E-state index in [0.29, 0.717) is 25.6 Å². The Balaban J connectivity index is 1.87. The molecule has 0 aromatic carbocycles. The fourth-order valence-electron chi connectivity index (χ4n) is 2.86. The fourth-order valence-corrected chi connectivity index (χ4v) is 2.86. The molecule has 2 fully saturated rings. The Morgan fingerprint density at radius 3 is 2.72 bits per heavy atom. The van der Waals surface area contributed by atoms with E-state index in [-0.39, 0.29) is 17.7 Å². The zero-order valence-electron chi connectivity index (χ0n) is 11.1. The monoisotopic (exact) mass is 250 g/mol. The molecule has 0 aromatic rings. The summed E-state index contributed by atoms with van der Waals surface area (Å²) in [6, 6.07) is 0.386. The number of hydrogen-bond acceptors (Lipinski definition) is 2. The van der Waals surface area contributed by atoms with Crippen LogP contribution in [0.4, 0.5) is 0 Å². The lowest BCUT2D eigenvalue weighted by atomic mass is 10.1. The molecule has 0 spiro atoms. The van der Waals surface area contributed by atoms with Crippen LogP contribution in [-0.2, 0) is 9.59 Å². The van der Waals surface area contributed by atoms with Crippen molar-refractivity contribution in [2.24, 2.45) is 5.92 Å². The molecule has 18 heavy (non-hydrogen) atoms. The third kappa shape index (κ3) is 2.92. The van der Waals surface area contributed by atoms with Gasteiger partial charge in [0.05, 0.1) is 5.92 Å². The number of likely N-dealkylation sites (tertiary alicyclic amines) is 1. The third-order valence-corrected chi connectivity index (χ3v) is 3.86. The van der Waals surface area contributed by atoms with Crippen LogP contribution in [0, 0.1) is 5.92 Å². The van der Waals surface area contributed by atoms with Crippen molar-refractivity contribution < 1.29 is 9.59 Å². The van der Waals surface area contributed by atoms with Crippen LogP contribution in [0.25, 0.3) is 0 Å². The molecule has 0 radical (unpaired) electrons.